The second-order valence-electron chi connectivity index (χ2n) is 5.35. The van der Waals surface area contributed by atoms with Crippen molar-refractivity contribution in [2.24, 2.45) is 0 Å². The molecular formula is C15H24Cl2N4O3. The summed E-state index contributed by atoms with van der Waals surface area (Å²) in [5.74, 6) is 0.189. The molecule has 1 saturated heterocycles. The fourth-order valence-electron chi connectivity index (χ4n) is 2.59. The Bertz CT molecular complexity index is 537. The molecule has 0 radical (unpaired) electrons. The number of non-ortho nitro benzene ring substituents is 1. The Hall–Kier alpha value is -1.57. The lowest BCUT2D eigenvalue weighted by Crippen LogP contribution is -2.48. The van der Waals surface area contributed by atoms with Crippen LogP contribution in [0.25, 0.3) is 0 Å². The molecule has 1 aliphatic heterocycles. The minimum absolute atomic E-state index is 0. The Morgan fingerprint density at radius 3 is 2.50 bits per heavy atom. The topological polar surface area (TPSA) is 78.7 Å². The molecule has 1 heterocycles. The van der Waals surface area contributed by atoms with Gasteiger partial charge in [-0.15, -0.1) is 24.8 Å². The standard InChI is InChI=1S/C15H22N4O3.2ClH/c1-16-7-3-6-15(20)18-10-8-17(9-11-18)13-4-2-5-14(12-13)19(21)22;;/h2,4-5,12,16H,3,6-11H2,1H3;2*1H. The molecule has 0 unspecified atom stereocenters. The number of nitro benzene ring substituents is 1. The Morgan fingerprint density at radius 2 is 1.92 bits per heavy atom. The maximum atomic E-state index is 12.0. The molecule has 1 fully saturated rings. The summed E-state index contributed by atoms with van der Waals surface area (Å²) in [6.07, 6.45) is 1.41. The number of carbonyl (C=O) groups is 1. The van der Waals surface area contributed by atoms with Gasteiger partial charge in [0.2, 0.25) is 5.91 Å². The Kier molecular flexibility index (Phi) is 10.3. The summed E-state index contributed by atoms with van der Waals surface area (Å²) in [6.45, 7) is 3.60. The van der Waals surface area contributed by atoms with E-state index in [1.54, 1.807) is 12.1 Å². The number of nitro groups is 1. The van der Waals surface area contributed by atoms with Gasteiger partial charge in [-0.3, -0.25) is 14.9 Å². The van der Waals surface area contributed by atoms with Gasteiger partial charge in [-0.1, -0.05) is 6.07 Å². The summed E-state index contributed by atoms with van der Waals surface area (Å²) in [5.41, 5.74) is 0.944. The van der Waals surface area contributed by atoms with Gasteiger partial charge in [-0.25, -0.2) is 0 Å². The van der Waals surface area contributed by atoms with Gasteiger partial charge in [-0.2, -0.15) is 0 Å². The molecule has 7 nitrogen and oxygen atoms in total. The summed E-state index contributed by atoms with van der Waals surface area (Å²) >= 11 is 0. The van der Waals surface area contributed by atoms with Gasteiger partial charge < -0.3 is 15.1 Å². The van der Waals surface area contributed by atoms with Crippen LogP contribution in [0.15, 0.2) is 24.3 Å². The van der Waals surface area contributed by atoms with Gasteiger partial charge >= 0.3 is 0 Å². The lowest BCUT2D eigenvalue weighted by atomic mass is 10.2. The van der Waals surface area contributed by atoms with Crippen LogP contribution in [-0.4, -0.2) is 55.5 Å². The fourth-order valence-corrected chi connectivity index (χ4v) is 2.59. The van der Waals surface area contributed by atoms with E-state index in [0.29, 0.717) is 32.6 Å². The lowest BCUT2D eigenvalue weighted by Gasteiger charge is -2.36. The summed E-state index contributed by atoms with van der Waals surface area (Å²) in [6, 6.07) is 6.65. The van der Waals surface area contributed by atoms with Gasteiger partial charge in [0.1, 0.15) is 0 Å². The minimum atomic E-state index is -0.384. The lowest BCUT2D eigenvalue weighted by molar-refractivity contribution is -0.384. The van der Waals surface area contributed by atoms with E-state index < -0.39 is 0 Å². The zero-order valence-electron chi connectivity index (χ0n) is 13.6. The van der Waals surface area contributed by atoms with E-state index in [4.69, 9.17) is 0 Å². The summed E-state index contributed by atoms with van der Waals surface area (Å²) in [4.78, 5) is 26.5. The molecule has 24 heavy (non-hydrogen) atoms. The number of nitrogens with zero attached hydrogens (tertiary/aromatic N) is 3. The Morgan fingerprint density at radius 1 is 1.25 bits per heavy atom. The van der Waals surface area contributed by atoms with Gasteiger partial charge in [0.25, 0.3) is 5.69 Å². The molecule has 9 heteroatoms. The highest BCUT2D eigenvalue weighted by molar-refractivity contribution is 5.85. The molecule has 2 rings (SSSR count). The van der Waals surface area contributed by atoms with Crippen LogP contribution in [-0.2, 0) is 4.79 Å². The zero-order chi connectivity index (χ0) is 15.9. The van der Waals surface area contributed by atoms with Crippen LogP contribution in [0.1, 0.15) is 12.8 Å². The number of nitrogens with one attached hydrogen (secondary N) is 1. The summed E-state index contributed by atoms with van der Waals surface area (Å²) in [7, 11) is 1.88. The molecule has 1 N–H and O–H groups in total. The fraction of sp³-hybridized carbons (Fsp3) is 0.533. The number of hydrogen-bond donors (Lipinski definition) is 1. The van der Waals surface area contributed by atoms with E-state index in [0.717, 1.165) is 18.7 Å². The molecule has 0 saturated carbocycles. The van der Waals surface area contributed by atoms with Crippen LogP contribution in [0.4, 0.5) is 11.4 Å². The van der Waals surface area contributed by atoms with Crippen molar-refractivity contribution in [2.75, 3.05) is 44.7 Å². The van der Waals surface area contributed by atoms with Crippen molar-refractivity contribution in [3.05, 3.63) is 34.4 Å². The smallest absolute Gasteiger partial charge is 0.271 e. The first-order valence-corrected chi connectivity index (χ1v) is 7.53. The third-order valence-electron chi connectivity index (χ3n) is 3.86. The molecule has 0 aromatic heterocycles. The Balaban J connectivity index is 0.00000264. The molecule has 0 atom stereocenters. The first kappa shape index (κ1) is 22.4. The highest BCUT2D eigenvalue weighted by Gasteiger charge is 2.21. The van der Waals surface area contributed by atoms with Crippen LogP contribution < -0.4 is 10.2 Å². The third-order valence-corrected chi connectivity index (χ3v) is 3.86. The largest absolute Gasteiger partial charge is 0.368 e. The van der Waals surface area contributed by atoms with Crippen molar-refractivity contribution in [1.82, 2.24) is 10.2 Å². The van der Waals surface area contributed by atoms with Crippen LogP contribution in [0.5, 0.6) is 0 Å². The van der Waals surface area contributed by atoms with Crippen LogP contribution >= 0.6 is 24.8 Å². The van der Waals surface area contributed by atoms with E-state index >= 15 is 0 Å². The molecule has 1 aliphatic rings. The molecule has 0 bridgehead atoms. The number of amides is 1. The molecule has 0 spiro atoms. The second kappa shape index (κ2) is 11.1. The molecule has 0 aliphatic carbocycles. The third kappa shape index (κ3) is 6.14. The predicted molar refractivity (Wildman–Crippen MR) is 99.5 cm³/mol. The predicted octanol–water partition coefficient (Wildman–Crippen LogP) is 2.09. The number of halogens is 2. The number of hydrogen-bond acceptors (Lipinski definition) is 5. The summed E-state index contributed by atoms with van der Waals surface area (Å²) < 4.78 is 0. The Labute approximate surface area is 154 Å². The van der Waals surface area contributed by atoms with Crippen molar-refractivity contribution in [3.63, 3.8) is 0 Å². The van der Waals surface area contributed by atoms with Gasteiger partial charge in [0.05, 0.1) is 4.92 Å². The average molecular weight is 379 g/mol. The number of carbonyl (C=O) groups excluding carboxylic acids is 1. The first-order chi connectivity index (χ1) is 10.6. The SMILES string of the molecule is CNCCCC(=O)N1CCN(c2cccc([N+](=O)[O-])c2)CC1.Cl.Cl. The van der Waals surface area contributed by atoms with E-state index in [9.17, 15) is 14.9 Å². The monoisotopic (exact) mass is 378 g/mol. The molecule has 136 valence electrons. The quantitative estimate of drug-likeness (QED) is 0.465. The normalized spacial score (nSPS) is 13.7. The number of benzene rings is 1. The van der Waals surface area contributed by atoms with E-state index in [1.165, 1.54) is 6.07 Å². The van der Waals surface area contributed by atoms with E-state index in [2.05, 4.69) is 10.2 Å². The van der Waals surface area contributed by atoms with Crippen LogP contribution in [0.2, 0.25) is 0 Å². The zero-order valence-corrected chi connectivity index (χ0v) is 15.3. The highest BCUT2D eigenvalue weighted by Crippen LogP contribution is 2.22. The average Bonchev–Trinajstić information content (AvgIpc) is 2.55. The number of anilines is 1. The van der Waals surface area contributed by atoms with Gasteiger partial charge in [-0.05, 0) is 26.1 Å². The number of piperazine rings is 1. The molecule has 1 aromatic carbocycles. The highest BCUT2D eigenvalue weighted by atomic mass is 35.5. The van der Waals surface area contributed by atoms with Gasteiger partial charge in [0.15, 0.2) is 0 Å². The maximum absolute atomic E-state index is 12.0. The van der Waals surface area contributed by atoms with Crippen molar-refractivity contribution in [2.45, 2.75) is 12.8 Å². The van der Waals surface area contributed by atoms with Crippen molar-refractivity contribution in [1.29, 1.82) is 0 Å². The van der Waals surface area contributed by atoms with Crippen molar-refractivity contribution >= 4 is 42.1 Å². The first-order valence-electron chi connectivity index (χ1n) is 7.53. The number of rotatable bonds is 6. The molecule has 1 aromatic rings. The van der Waals surface area contributed by atoms with Crippen LogP contribution in [0, 0.1) is 10.1 Å². The van der Waals surface area contributed by atoms with Gasteiger partial charge in [0, 0.05) is 50.4 Å². The summed E-state index contributed by atoms with van der Waals surface area (Å²) in [5, 5.41) is 13.9. The van der Waals surface area contributed by atoms with E-state index in [1.807, 2.05) is 18.0 Å². The van der Waals surface area contributed by atoms with Crippen LogP contribution in [0.3, 0.4) is 0 Å². The minimum Gasteiger partial charge on any atom is -0.368 e. The second-order valence-corrected chi connectivity index (χ2v) is 5.35. The van der Waals surface area contributed by atoms with E-state index in [-0.39, 0.29) is 41.3 Å². The maximum Gasteiger partial charge on any atom is 0.271 e. The molecular weight excluding hydrogens is 355 g/mol. The van der Waals surface area contributed by atoms with Crippen molar-refractivity contribution in [3.8, 4) is 0 Å². The molecule has 1 amide bonds. The van der Waals surface area contributed by atoms with Crippen molar-refractivity contribution < 1.29 is 9.72 Å².